The normalized spacial score (nSPS) is 14.9. The molecular formula is C21H26ClN3O2. The average molecular weight is 388 g/mol. The van der Waals surface area contributed by atoms with E-state index in [-0.39, 0.29) is 12.5 Å². The summed E-state index contributed by atoms with van der Waals surface area (Å²) in [6.07, 6.45) is 0. The maximum absolute atomic E-state index is 12.2. The monoisotopic (exact) mass is 387 g/mol. The Morgan fingerprint density at radius 3 is 2.63 bits per heavy atom. The number of aryl methyl sites for hydroxylation is 1. The van der Waals surface area contributed by atoms with E-state index in [1.807, 2.05) is 25.1 Å². The van der Waals surface area contributed by atoms with Crippen LogP contribution in [0.5, 0.6) is 5.75 Å². The minimum atomic E-state index is -0.141. The molecule has 0 atom stereocenters. The van der Waals surface area contributed by atoms with Crippen LogP contribution in [0.4, 0.5) is 5.69 Å². The van der Waals surface area contributed by atoms with Gasteiger partial charge in [-0.2, -0.15) is 0 Å². The molecule has 5 nitrogen and oxygen atoms in total. The molecule has 3 rings (SSSR count). The molecule has 1 N–H and O–H groups in total. The van der Waals surface area contributed by atoms with E-state index in [2.05, 4.69) is 34.3 Å². The van der Waals surface area contributed by atoms with E-state index in [0.29, 0.717) is 17.3 Å². The van der Waals surface area contributed by atoms with Gasteiger partial charge in [0.2, 0.25) is 0 Å². The van der Waals surface area contributed by atoms with Gasteiger partial charge in [0, 0.05) is 43.4 Å². The Hall–Kier alpha value is -2.24. The van der Waals surface area contributed by atoms with Crippen molar-refractivity contribution < 1.29 is 9.53 Å². The van der Waals surface area contributed by atoms with Crippen molar-refractivity contribution in [2.24, 2.45) is 0 Å². The van der Waals surface area contributed by atoms with Crippen LogP contribution in [0.25, 0.3) is 0 Å². The van der Waals surface area contributed by atoms with Crippen molar-refractivity contribution in [2.45, 2.75) is 13.5 Å². The zero-order valence-electron chi connectivity index (χ0n) is 15.9. The smallest absolute Gasteiger partial charge is 0.258 e. The maximum Gasteiger partial charge on any atom is 0.258 e. The number of anilines is 1. The van der Waals surface area contributed by atoms with E-state index < -0.39 is 0 Å². The Labute approximate surface area is 165 Å². The van der Waals surface area contributed by atoms with Crippen LogP contribution < -0.4 is 15.0 Å². The number of nitrogens with zero attached hydrogens (tertiary/aromatic N) is 2. The lowest BCUT2D eigenvalue weighted by molar-refractivity contribution is -0.123. The van der Waals surface area contributed by atoms with Crippen molar-refractivity contribution in [2.75, 3.05) is 44.7 Å². The summed E-state index contributed by atoms with van der Waals surface area (Å²) in [5.41, 5.74) is 3.23. The van der Waals surface area contributed by atoms with Gasteiger partial charge >= 0.3 is 0 Å². The number of nitrogens with one attached hydrogen (secondary N) is 1. The Morgan fingerprint density at radius 2 is 1.89 bits per heavy atom. The zero-order valence-corrected chi connectivity index (χ0v) is 16.6. The average Bonchev–Trinajstić information content (AvgIpc) is 2.66. The standard InChI is InChI=1S/C21H26ClN3O2/c1-16-13-18(22)7-8-20(16)27-15-21(26)23-14-17-5-3-4-6-19(17)25-11-9-24(2)10-12-25/h3-8,13H,9-12,14-15H2,1-2H3,(H,23,26). The first-order valence-corrected chi connectivity index (χ1v) is 9.58. The van der Waals surface area contributed by atoms with Crippen LogP contribution in [0, 0.1) is 6.92 Å². The van der Waals surface area contributed by atoms with Crippen LogP contribution in [0.1, 0.15) is 11.1 Å². The van der Waals surface area contributed by atoms with E-state index in [1.54, 1.807) is 12.1 Å². The van der Waals surface area contributed by atoms with E-state index in [0.717, 1.165) is 37.3 Å². The fourth-order valence-electron chi connectivity index (χ4n) is 3.18. The molecule has 0 unspecified atom stereocenters. The number of benzene rings is 2. The summed E-state index contributed by atoms with van der Waals surface area (Å²) in [5, 5.41) is 3.62. The topological polar surface area (TPSA) is 44.8 Å². The minimum Gasteiger partial charge on any atom is -0.484 e. The first-order valence-electron chi connectivity index (χ1n) is 9.20. The fourth-order valence-corrected chi connectivity index (χ4v) is 3.41. The Bertz CT molecular complexity index is 789. The first-order chi connectivity index (χ1) is 13.0. The largest absolute Gasteiger partial charge is 0.484 e. The molecule has 0 aromatic heterocycles. The number of ether oxygens (including phenoxy) is 1. The van der Waals surface area contributed by atoms with Crippen LogP contribution in [-0.4, -0.2) is 50.6 Å². The highest BCUT2D eigenvalue weighted by atomic mass is 35.5. The molecule has 1 aliphatic rings. The molecule has 1 fully saturated rings. The van der Waals surface area contributed by atoms with Gasteiger partial charge in [-0.1, -0.05) is 29.8 Å². The molecular weight excluding hydrogens is 362 g/mol. The molecule has 2 aromatic carbocycles. The van der Waals surface area contributed by atoms with Crippen molar-refractivity contribution in [3.05, 3.63) is 58.6 Å². The number of halogens is 1. The number of amides is 1. The summed E-state index contributed by atoms with van der Waals surface area (Å²) < 4.78 is 5.61. The summed E-state index contributed by atoms with van der Waals surface area (Å²) >= 11 is 5.94. The van der Waals surface area contributed by atoms with Crippen molar-refractivity contribution in [1.82, 2.24) is 10.2 Å². The summed E-state index contributed by atoms with van der Waals surface area (Å²) in [5.74, 6) is 0.532. The van der Waals surface area contributed by atoms with Gasteiger partial charge in [0.25, 0.3) is 5.91 Å². The number of rotatable bonds is 6. The third-order valence-electron chi connectivity index (χ3n) is 4.81. The third-order valence-corrected chi connectivity index (χ3v) is 5.04. The molecule has 2 aromatic rings. The van der Waals surface area contributed by atoms with Gasteiger partial charge in [0.15, 0.2) is 6.61 Å². The second kappa shape index (κ2) is 9.11. The molecule has 0 saturated carbocycles. The predicted molar refractivity (Wildman–Crippen MR) is 110 cm³/mol. The Balaban J connectivity index is 1.54. The van der Waals surface area contributed by atoms with E-state index in [1.165, 1.54) is 5.69 Å². The van der Waals surface area contributed by atoms with E-state index >= 15 is 0 Å². The number of hydrogen-bond acceptors (Lipinski definition) is 4. The number of para-hydroxylation sites is 1. The molecule has 1 amide bonds. The molecule has 0 bridgehead atoms. The van der Waals surface area contributed by atoms with Crippen molar-refractivity contribution >= 4 is 23.2 Å². The molecule has 144 valence electrons. The van der Waals surface area contributed by atoms with Crippen molar-refractivity contribution in [1.29, 1.82) is 0 Å². The van der Waals surface area contributed by atoms with Gasteiger partial charge in [-0.25, -0.2) is 0 Å². The van der Waals surface area contributed by atoms with Crippen LogP contribution >= 0.6 is 11.6 Å². The maximum atomic E-state index is 12.2. The molecule has 1 saturated heterocycles. The van der Waals surface area contributed by atoms with E-state index in [9.17, 15) is 4.79 Å². The van der Waals surface area contributed by atoms with Crippen molar-refractivity contribution in [3.8, 4) is 5.75 Å². The highest BCUT2D eigenvalue weighted by molar-refractivity contribution is 6.30. The quantitative estimate of drug-likeness (QED) is 0.827. The fraction of sp³-hybridized carbons (Fsp3) is 0.381. The van der Waals surface area contributed by atoms with Gasteiger partial charge in [-0.15, -0.1) is 0 Å². The number of piperazine rings is 1. The third kappa shape index (κ3) is 5.37. The SMILES string of the molecule is Cc1cc(Cl)ccc1OCC(=O)NCc1ccccc1N1CCN(C)CC1. The molecule has 27 heavy (non-hydrogen) atoms. The van der Waals surface area contributed by atoms with Crippen LogP contribution in [0.3, 0.4) is 0 Å². The summed E-state index contributed by atoms with van der Waals surface area (Å²) in [6.45, 7) is 6.49. The van der Waals surface area contributed by atoms with Crippen LogP contribution in [0.15, 0.2) is 42.5 Å². The summed E-state index contributed by atoms with van der Waals surface area (Å²) in [7, 11) is 2.14. The number of carbonyl (C=O) groups is 1. The van der Waals surface area contributed by atoms with Crippen LogP contribution in [-0.2, 0) is 11.3 Å². The van der Waals surface area contributed by atoms with Crippen LogP contribution in [0.2, 0.25) is 5.02 Å². The molecule has 1 heterocycles. The lowest BCUT2D eigenvalue weighted by Gasteiger charge is -2.35. The molecule has 1 aliphatic heterocycles. The molecule has 0 aliphatic carbocycles. The predicted octanol–water partition coefficient (Wildman–Crippen LogP) is 3.10. The van der Waals surface area contributed by atoms with E-state index in [4.69, 9.17) is 16.3 Å². The zero-order chi connectivity index (χ0) is 19.2. The minimum absolute atomic E-state index is 0.0147. The molecule has 6 heteroatoms. The summed E-state index contributed by atoms with van der Waals surface area (Å²) in [6, 6.07) is 13.6. The van der Waals surface area contributed by atoms with Gasteiger partial charge in [0.1, 0.15) is 5.75 Å². The van der Waals surface area contributed by atoms with Gasteiger partial charge < -0.3 is 19.9 Å². The number of hydrogen-bond donors (Lipinski definition) is 1. The molecule has 0 radical (unpaired) electrons. The lowest BCUT2D eigenvalue weighted by atomic mass is 10.1. The second-order valence-electron chi connectivity index (χ2n) is 6.89. The highest BCUT2D eigenvalue weighted by Gasteiger charge is 2.17. The first kappa shape index (κ1) is 19.5. The van der Waals surface area contributed by atoms with Crippen molar-refractivity contribution in [3.63, 3.8) is 0 Å². The second-order valence-corrected chi connectivity index (χ2v) is 7.33. The van der Waals surface area contributed by atoms with Gasteiger partial charge in [-0.05, 0) is 49.4 Å². The Kier molecular flexibility index (Phi) is 6.58. The van der Waals surface area contributed by atoms with Gasteiger partial charge in [0.05, 0.1) is 0 Å². The summed E-state index contributed by atoms with van der Waals surface area (Å²) in [4.78, 5) is 16.9. The van der Waals surface area contributed by atoms with Gasteiger partial charge in [-0.3, -0.25) is 4.79 Å². The Morgan fingerprint density at radius 1 is 1.15 bits per heavy atom. The number of likely N-dealkylation sites (N-methyl/N-ethyl adjacent to an activating group) is 1. The number of carbonyl (C=O) groups excluding carboxylic acids is 1. The highest BCUT2D eigenvalue weighted by Crippen LogP contribution is 2.23. The molecule has 0 spiro atoms. The lowest BCUT2D eigenvalue weighted by Crippen LogP contribution is -2.45.